The van der Waals surface area contributed by atoms with Gasteiger partial charge in [0, 0.05) is 18.4 Å². The van der Waals surface area contributed by atoms with Gasteiger partial charge in [-0.3, -0.25) is 10.1 Å². The Morgan fingerprint density at radius 3 is 2.43 bits per heavy atom. The predicted octanol–water partition coefficient (Wildman–Crippen LogP) is 2.48. The molecule has 0 radical (unpaired) electrons. The van der Waals surface area contributed by atoms with E-state index in [0.29, 0.717) is 23.6 Å². The van der Waals surface area contributed by atoms with E-state index in [1.165, 1.54) is 6.20 Å². The van der Waals surface area contributed by atoms with E-state index in [1.807, 2.05) is 25.1 Å². The fraction of sp³-hybridized carbons (Fsp3) is 0.133. The number of nitrogens with one attached hydrogen (secondary N) is 3. The van der Waals surface area contributed by atoms with Gasteiger partial charge in [0.2, 0.25) is 0 Å². The summed E-state index contributed by atoms with van der Waals surface area (Å²) in [5.41, 5.74) is 1.13. The number of carbonyl (C=O) groups is 2. The van der Waals surface area contributed by atoms with Crippen LogP contribution in [0.5, 0.6) is 0 Å². The van der Waals surface area contributed by atoms with Crippen LogP contribution in [0.15, 0.2) is 48.7 Å². The number of benzene rings is 1. The van der Waals surface area contributed by atoms with Crippen LogP contribution in [-0.2, 0) is 0 Å². The van der Waals surface area contributed by atoms with Crippen LogP contribution in [0.25, 0.3) is 0 Å². The minimum absolute atomic E-state index is 0.252. The summed E-state index contributed by atoms with van der Waals surface area (Å²) < 4.78 is 0. The molecule has 108 valence electrons. The second kappa shape index (κ2) is 7.04. The minimum atomic E-state index is -0.327. The average molecular weight is 284 g/mol. The monoisotopic (exact) mass is 284 g/mol. The third-order valence-corrected chi connectivity index (χ3v) is 2.64. The molecule has 0 atom stereocenters. The van der Waals surface area contributed by atoms with Crippen molar-refractivity contribution in [2.75, 3.05) is 17.2 Å². The van der Waals surface area contributed by atoms with Crippen LogP contribution in [0.2, 0.25) is 0 Å². The SMILES string of the molecule is CCNC(=O)Nc1ccc(C(=O)Nc2ccccc2)cn1. The fourth-order valence-electron chi connectivity index (χ4n) is 1.65. The van der Waals surface area contributed by atoms with Crippen molar-refractivity contribution in [3.05, 3.63) is 54.2 Å². The summed E-state index contributed by atoms with van der Waals surface area (Å²) in [6, 6.07) is 12.0. The van der Waals surface area contributed by atoms with Gasteiger partial charge in [0.25, 0.3) is 5.91 Å². The number of nitrogens with zero attached hydrogens (tertiary/aromatic N) is 1. The van der Waals surface area contributed by atoms with Gasteiger partial charge >= 0.3 is 6.03 Å². The Hall–Kier alpha value is -2.89. The molecule has 6 nitrogen and oxygen atoms in total. The van der Waals surface area contributed by atoms with Crippen molar-refractivity contribution in [2.45, 2.75) is 6.92 Å². The van der Waals surface area contributed by atoms with Gasteiger partial charge in [-0.15, -0.1) is 0 Å². The van der Waals surface area contributed by atoms with E-state index in [-0.39, 0.29) is 11.9 Å². The van der Waals surface area contributed by atoms with Gasteiger partial charge in [-0.05, 0) is 31.2 Å². The summed E-state index contributed by atoms with van der Waals surface area (Å²) >= 11 is 0. The Kier molecular flexibility index (Phi) is 4.87. The molecular weight excluding hydrogens is 268 g/mol. The number of pyridine rings is 1. The molecule has 1 aromatic heterocycles. The van der Waals surface area contributed by atoms with E-state index in [4.69, 9.17) is 0 Å². The maximum atomic E-state index is 12.0. The zero-order chi connectivity index (χ0) is 15.1. The van der Waals surface area contributed by atoms with Crippen molar-refractivity contribution in [2.24, 2.45) is 0 Å². The van der Waals surface area contributed by atoms with Gasteiger partial charge in [0.15, 0.2) is 0 Å². The number of rotatable bonds is 4. The van der Waals surface area contributed by atoms with Gasteiger partial charge < -0.3 is 10.6 Å². The van der Waals surface area contributed by atoms with Crippen molar-refractivity contribution >= 4 is 23.4 Å². The highest BCUT2D eigenvalue weighted by Gasteiger charge is 2.07. The first-order valence-electron chi connectivity index (χ1n) is 6.56. The van der Waals surface area contributed by atoms with Crippen LogP contribution in [0.1, 0.15) is 17.3 Å². The van der Waals surface area contributed by atoms with Gasteiger partial charge in [0.1, 0.15) is 5.82 Å². The standard InChI is InChI=1S/C15H16N4O2/c1-2-16-15(21)19-13-9-8-11(10-17-13)14(20)18-12-6-4-3-5-7-12/h3-10H,2H2,1H3,(H,18,20)(H2,16,17,19,21). The maximum Gasteiger partial charge on any atom is 0.320 e. The van der Waals surface area contributed by atoms with Crippen LogP contribution in [0.4, 0.5) is 16.3 Å². The summed E-state index contributed by atoms with van der Waals surface area (Å²) in [6.07, 6.45) is 1.42. The molecule has 0 unspecified atom stereocenters. The smallest absolute Gasteiger partial charge is 0.320 e. The Bertz CT molecular complexity index is 611. The highest BCUT2D eigenvalue weighted by atomic mass is 16.2. The third-order valence-electron chi connectivity index (χ3n) is 2.64. The van der Waals surface area contributed by atoms with Crippen molar-refractivity contribution in [1.29, 1.82) is 0 Å². The molecule has 0 aliphatic carbocycles. The molecule has 0 aliphatic rings. The molecule has 21 heavy (non-hydrogen) atoms. The van der Waals surface area contributed by atoms with Crippen LogP contribution in [0.3, 0.4) is 0 Å². The highest BCUT2D eigenvalue weighted by molar-refractivity contribution is 6.04. The summed E-state index contributed by atoms with van der Waals surface area (Å²) in [5, 5.41) is 7.92. The van der Waals surface area contributed by atoms with Crippen molar-refractivity contribution in [1.82, 2.24) is 10.3 Å². The van der Waals surface area contributed by atoms with Crippen molar-refractivity contribution in [3.8, 4) is 0 Å². The van der Waals surface area contributed by atoms with Crippen molar-refractivity contribution in [3.63, 3.8) is 0 Å². The Labute approximate surface area is 122 Å². The van der Waals surface area contributed by atoms with Crippen LogP contribution >= 0.6 is 0 Å². The lowest BCUT2D eigenvalue weighted by molar-refractivity contribution is 0.102. The van der Waals surface area contributed by atoms with Gasteiger partial charge in [-0.2, -0.15) is 0 Å². The first kappa shape index (κ1) is 14.5. The first-order valence-corrected chi connectivity index (χ1v) is 6.56. The van der Waals surface area contributed by atoms with Gasteiger partial charge in [-0.1, -0.05) is 18.2 Å². The number of para-hydroxylation sites is 1. The Morgan fingerprint density at radius 1 is 1.05 bits per heavy atom. The van der Waals surface area contributed by atoms with Crippen LogP contribution in [0, 0.1) is 0 Å². The first-order chi connectivity index (χ1) is 10.2. The van der Waals surface area contributed by atoms with E-state index in [9.17, 15) is 9.59 Å². The average Bonchev–Trinajstić information content (AvgIpc) is 2.49. The molecule has 0 bridgehead atoms. The lowest BCUT2D eigenvalue weighted by Crippen LogP contribution is -2.28. The van der Waals surface area contributed by atoms with E-state index < -0.39 is 0 Å². The predicted molar refractivity (Wildman–Crippen MR) is 81.3 cm³/mol. The zero-order valence-electron chi connectivity index (χ0n) is 11.6. The Morgan fingerprint density at radius 2 is 1.81 bits per heavy atom. The number of hydrogen-bond acceptors (Lipinski definition) is 3. The van der Waals surface area contributed by atoms with E-state index in [0.717, 1.165) is 0 Å². The molecule has 0 aliphatic heterocycles. The summed E-state index contributed by atoms with van der Waals surface area (Å²) in [7, 11) is 0. The van der Waals surface area contributed by atoms with Gasteiger partial charge in [-0.25, -0.2) is 9.78 Å². The molecule has 3 N–H and O–H groups in total. The number of aromatic nitrogens is 1. The number of hydrogen-bond donors (Lipinski definition) is 3. The molecule has 2 aromatic rings. The molecule has 1 heterocycles. The second-order valence-electron chi connectivity index (χ2n) is 4.24. The fourth-order valence-corrected chi connectivity index (χ4v) is 1.65. The van der Waals surface area contributed by atoms with Crippen LogP contribution in [-0.4, -0.2) is 23.5 Å². The van der Waals surface area contributed by atoms with E-state index >= 15 is 0 Å². The van der Waals surface area contributed by atoms with E-state index in [1.54, 1.807) is 24.3 Å². The number of anilines is 2. The van der Waals surface area contributed by atoms with E-state index in [2.05, 4.69) is 20.9 Å². The van der Waals surface area contributed by atoms with Crippen LogP contribution < -0.4 is 16.0 Å². The lowest BCUT2D eigenvalue weighted by atomic mass is 10.2. The molecular formula is C15H16N4O2. The molecule has 3 amide bonds. The quantitative estimate of drug-likeness (QED) is 0.806. The molecule has 0 fully saturated rings. The molecule has 0 spiro atoms. The molecule has 1 aromatic carbocycles. The second-order valence-corrected chi connectivity index (χ2v) is 4.24. The molecule has 0 saturated heterocycles. The molecule has 0 saturated carbocycles. The topological polar surface area (TPSA) is 83.1 Å². The Balaban J connectivity index is 1.98. The normalized spacial score (nSPS) is 9.76. The van der Waals surface area contributed by atoms with Crippen molar-refractivity contribution < 1.29 is 9.59 Å². The number of amides is 3. The maximum absolute atomic E-state index is 12.0. The lowest BCUT2D eigenvalue weighted by Gasteiger charge is -2.07. The zero-order valence-corrected chi connectivity index (χ0v) is 11.6. The minimum Gasteiger partial charge on any atom is -0.338 e. The summed E-state index contributed by atoms with van der Waals surface area (Å²) in [5.74, 6) is 0.135. The largest absolute Gasteiger partial charge is 0.338 e. The summed E-state index contributed by atoms with van der Waals surface area (Å²) in [6.45, 7) is 2.35. The number of carbonyl (C=O) groups excluding carboxylic acids is 2. The molecule has 2 rings (SSSR count). The third kappa shape index (κ3) is 4.31. The number of urea groups is 1. The highest BCUT2D eigenvalue weighted by Crippen LogP contribution is 2.10. The van der Waals surface area contributed by atoms with Gasteiger partial charge in [0.05, 0.1) is 5.56 Å². The molecule has 6 heteroatoms. The summed E-state index contributed by atoms with van der Waals surface area (Å²) in [4.78, 5) is 27.4.